The zero-order chi connectivity index (χ0) is 20.1. The number of hydrogen-bond acceptors (Lipinski definition) is 6. The number of ether oxygens (including phenoxy) is 1. The topological polar surface area (TPSA) is 115 Å². The maximum atomic E-state index is 12.1. The maximum Gasteiger partial charge on any atom is 0.326 e. The van der Waals surface area contributed by atoms with Crippen LogP contribution in [0.3, 0.4) is 0 Å². The van der Waals surface area contributed by atoms with Crippen LogP contribution in [0.25, 0.3) is 10.9 Å². The Hall–Kier alpha value is -3.75. The summed E-state index contributed by atoms with van der Waals surface area (Å²) in [6.45, 7) is 1.43. The second kappa shape index (κ2) is 8.30. The van der Waals surface area contributed by atoms with E-state index in [-0.39, 0.29) is 36.8 Å². The van der Waals surface area contributed by atoms with E-state index in [1.165, 1.54) is 21.4 Å². The second-order valence-electron chi connectivity index (χ2n) is 5.84. The number of amides is 1. The minimum absolute atomic E-state index is 0.0636. The molecule has 2 heterocycles. The van der Waals surface area contributed by atoms with Crippen LogP contribution in [0.5, 0.6) is 5.88 Å². The highest BCUT2D eigenvalue weighted by Crippen LogP contribution is 2.38. The standard InChI is InChI=1S/C19H18N4O5/c1-2-28-17(26)12-23-14-8-4-3-7-13(14)18(19(23)27)21-20-15(24)11-22-10-6-5-9-16(22)25/h3-10,27H,2,11-12H2,1H3. The van der Waals surface area contributed by atoms with Gasteiger partial charge in [0.15, 0.2) is 5.69 Å². The first-order chi connectivity index (χ1) is 13.5. The third-order valence-corrected chi connectivity index (χ3v) is 3.98. The number of hydrogen-bond donors (Lipinski definition) is 1. The molecule has 0 fully saturated rings. The fourth-order valence-electron chi connectivity index (χ4n) is 2.74. The fourth-order valence-corrected chi connectivity index (χ4v) is 2.74. The highest BCUT2D eigenvalue weighted by molar-refractivity contribution is 5.96. The van der Waals surface area contributed by atoms with Gasteiger partial charge in [-0.1, -0.05) is 24.3 Å². The van der Waals surface area contributed by atoms with E-state index in [1.54, 1.807) is 43.3 Å². The lowest BCUT2D eigenvalue weighted by atomic mass is 10.2. The lowest BCUT2D eigenvalue weighted by Crippen LogP contribution is -2.21. The van der Waals surface area contributed by atoms with E-state index < -0.39 is 11.9 Å². The molecule has 0 aliphatic carbocycles. The number of fused-ring (bicyclic) bond motifs is 1. The number of esters is 1. The molecule has 0 saturated carbocycles. The molecule has 0 radical (unpaired) electrons. The molecule has 9 heteroatoms. The van der Waals surface area contributed by atoms with Crippen LogP contribution in [-0.2, 0) is 27.4 Å². The number of carbonyl (C=O) groups excluding carboxylic acids is 2. The molecule has 0 unspecified atom stereocenters. The van der Waals surface area contributed by atoms with E-state index in [0.29, 0.717) is 10.9 Å². The van der Waals surface area contributed by atoms with Crippen LogP contribution in [0, 0.1) is 0 Å². The van der Waals surface area contributed by atoms with Gasteiger partial charge in [0.05, 0.1) is 12.1 Å². The summed E-state index contributed by atoms with van der Waals surface area (Å²) in [7, 11) is 0. The average Bonchev–Trinajstić information content (AvgIpc) is 2.94. The molecule has 1 N–H and O–H groups in total. The van der Waals surface area contributed by atoms with Crippen LogP contribution in [0.1, 0.15) is 6.92 Å². The summed E-state index contributed by atoms with van der Waals surface area (Å²) in [4.78, 5) is 35.6. The number of para-hydroxylation sites is 1. The molecular formula is C19H18N4O5. The summed E-state index contributed by atoms with van der Waals surface area (Å²) in [5, 5.41) is 18.5. The largest absolute Gasteiger partial charge is 0.493 e. The Labute approximate surface area is 159 Å². The second-order valence-corrected chi connectivity index (χ2v) is 5.84. The molecule has 1 amide bonds. The fraction of sp³-hybridized carbons (Fsp3) is 0.211. The normalized spacial score (nSPS) is 11.2. The summed E-state index contributed by atoms with van der Waals surface area (Å²) in [6.07, 6.45) is 1.47. The van der Waals surface area contributed by atoms with Crippen molar-refractivity contribution in [1.82, 2.24) is 9.13 Å². The first-order valence-electron chi connectivity index (χ1n) is 8.57. The van der Waals surface area contributed by atoms with Crippen LogP contribution in [0.2, 0.25) is 0 Å². The third-order valence-electron chi connectivity index (χ3n) is 3.98. The van der Waals surface area contributed by atoms with Crippen LogP contribution in [-0.4, -0.2) is 32.7 Å². The van der Waals surface area contributed by atoms with Crippen molar-refractivity contribution in [2.24, 2.45) is 10.2 Å². The van der Waals surface area contributed by atoms with Crippen LogP contribution in [0.15, 0.2) is 63.7 Å². The SMILES string of the molecule is CCOC(=O)Cn1c(O)c(N=NC(=O)Cn2ccccc2=O)c2ccccc21. The van der Waals surface area contributed by atoms with Crippen LogP contribution < -0.4 is 5.56 Å². The first kappa shape index (κ1) is 19.0. The number of nitrogens with zero attached hydrogens (tertiary/aromatic N) is 4. The zero-order valence-corrected chi connectivity index (χ0v) is 15.1. The van der Waals surface area contributed by atoms with E-state index >= 15 is 0 Å². The number of aromatic hydroxyl groups is 1. The van der Waals surface area contributed by atoms with E-state index in [0.717, 1.165) is 0 Å². The Balaban J connectivity index is 1.90. The van der Waals surface area contributed by atoms with Gasteiger partial charge in [0.25, 0.3) is 11.5 Å². The van der Waals surface area contributed by atoms with Crippen molar-refractivity contribution < 1.29 is 19.4 Å². The zero-order valence-electron chi connectivity index (χ0n) is 15.1. The number of benzene rings is 1. The van der Waals surface area contributed by atoms with Gasteiger partial charge >= 0.3 is 5.97 Å². The lowest BCUT2D eigenvalue weighted by Gasteiger charge is -2.06. The van der Waals surface area contributed by atoms with Gasteiger partial charge in [-0.15, -0.1) is 10.2 Å². The highest BCUT2D eigenvalue weighted by atomic mass is 16.5. The van der Waals surface area contributed by atoms with Gasteiger partial charge in [-0.25, -0.2) is 0 Å². The number of carbonyl (C=O) groups is 2. The quantitative estimate of drug-likeness (QED) is 0.519. The Morgan fingerprint density at radius 2 is 1.86 bits per heavy atom. The van der Waals surface area contributed by atoms with Gasteiger partial charge in [0.2, 0.25) is 5.88 Å². The minimum Gasteiger partial charge on any atom is -0.493 e. The van der Waals surface area contributed by atoms with E-state index in [2.05, 4.69) is 10.2 Å². The molecule has 0 aliphatic heterocycles. The molecule has 0 atom stereocenters. The molecule has 144 valence electrons. The third kappa shape index (κ3) is 3.98. The molecule has 0 bridgehead atoms. The van der Waals surface area contributed by atoms with Gasteiger partial charge < -0.3 is 14.4 Å². The van der Waals surface area contributed by atoms with E-state index in [1.807, 2.05) is 0 Å². The van der Waals surface area contributed by atoms with Crippen molar-refractivity contribution in [1.29, 1.82) is 0 Å². The van der Waals surface area contributed by atoms with Crippen LogP contribution in [0.4, 0.5) is 5.69 Å². The highest BCUT2D eigenvalue weighted by Gasteiger charge is 2.19. The smallest absolute Gasteiger partial charge is 0.326 e. The molecule has 3 rings (SSSR count). The Bertz CT molecular complexity index is 1110. The molecule has 28 heavy (non-hydrogen) atoms. The number of rotatable bonds is 6. The van der Waals surface area contributed by atoms with Gasteiger partial charge in [-0.2, -0.15) is 0 Å². The minimum atomic E-state index is -0.657. The molecule has 2 aromatic heterocycles. The van der Waals surface area contributed by atoms with E-state index in [4.69, 9.17) is 4.74 Å². The molecule has 0 aliphatic rings. The van der Waals surface area contributed by atoms with Gasteiger partial charge in [0, 0.05) is 17.6 Å². The summed E-state index contributed by atoms with van der Waals surface area (Å²) in [6, 6.07) is 11.4. The summed E-state index contributed by atoms with van der Waals surface area (Å²) in [5.74, 6) is -1.47. The van der Waals surface area contributed by atoms with Gasteiger partial charge in [0.1, 0.15) is 13.1 Å². The Kier molecular flexibility index (Phi) is 5.64. The molecule has 0 saturated heterocycles. The Morgan fingerprint density at radius 1 is 1.11 bits per heavy atom. The van der Waals surface area contributed by atoms with Gasteiger partial charge in [-0.05, 0) is 19.1 Å². The summed E-state index contributed by atoms with van der Waals surface area (Å²) >= 11 is 0. The lowest BCUT2D eigenvalue weighted by molar-refractivity contribution is -0.143. The molecule has 9 nitrogen and oxygen atoms in total. The molecule has 3 aromatic rings. The summed E-state index contributed by atoms with van der Waals surface area (Å²) < 4.78 is 7.46. The van der Waals surface area contributed by atoms with Crippen molar-refractivity contribution in [2.45, 2.75) is 20.0 Å². The number of azo groups is 1. The molecule has 1 aromatic carbocycles. The van der Waals surface area contributed by atoms with Gasteiger partial charge in [-0.3, -0.25) is 19.0 Å². The van der Waals surface area contributed by atoms with Crippen molar-refractivity contribution in [3.05, 3.63) is 59.0 Å². The molecular weight excluding hydrogens is 364 g/mol. The van der Waals surface area contributed by atoms with Crippen LogP contribution >= 0.6 is 0 Å². The summed E-state index contributed by atoms with van der Waals surface area (Å²) in [5.41, 5.74) is 0.280. The molecule has 0 spiro atoms. The monoisotopic (exact) mass is 382 g/mol. The van der Waals surface area contributed by atoms with Crippen molar-refractivity contribution in [2.75, 3.05) is 6.61 Å². The predicted octanol–water partition coefficient (Wildman–Crippen LogP) is 2.38. The van der Waals surface area contributed by atoms with Crippen molar-refractivity contribution in [3.8, 4) is 5.88 Å². The van der Waals surface area contributed by atoms with Crippen molar-refractivity contribution in [3.63, 3.8) is 0 Å². The maximum absolute atomic E-state index is 12.1. The predicted molar refractivity (Wildman–Crippen MR) is 100 cm³/mol. The number of pyridine rings is 1. The first-order valence-corrected chi connectivity index (χ1v) is 8.57. The van der Waals surface area contributed by atoms with E-state index in [9.17, 15) is 19.5 Å². The van der Waals surface area contributed by atoms with Crippen molar-refractivity contribution >= 4 is 28.5 Å². The Morgan fingerprint density at radius 3 is 2.61 bits per heavy atom. The number of aromatic nitrogens is 2. The average molecular weight is 382 g/mol.